The number of hydrogen-bond donors (Lipinski definition) is 0. The van der Waals surface area contributed by atoms with Crippen molar-refractivity contribution in [3.8, 4) is 5.69 Å². The van der Waals surface area contributed by atoms with E-state index >= 15 is 0 Å². The molecular formula is C12H7ClN4O2. The third-order valence-corrected chi connectivity index (χ3v) is 2.93. The van der Waals surface area contributed by atoms with Crippen LogP contribution in [0.5, 0.6) is 0 Å². The predicted octanol–water partition coefficient (Wildman–Crippen LogP) is 2.98. The van der Waals surface area contributed by atoms with Crippen LogP contribution in [0.25, 0.3) is 16.7 Å². The van der Waals surface area contributed by atoms with Crippen molar-refractivity contribution in [3.05, 3.63) is 57.6 Å². The average Bonchev–Trinajstić information content (AvgIpc) is 2.81. The molecule has 0 amide bonds. The Bertz CT molecular complexity index is 784. The summed E-state index contributed by atoms with van der Waals surface area (Å²) in [5.74, 6) is 0. The second kappa shape index (κ2) is 4.33. The van der Waals surface area contributed by atoms with Gasteiger partial charge in [-0.1, -0.05) is 22.9 Å². The second-order valence-electron chi connectivity index (χ2n) is 3.91. The maximum absolute atomic E-state index is 10.8. The van der Waals surface area contributed by atoms with E-state index in [2.05, 4.69) is 10.3 Å². The molecule has 0 atom stereocenters. The Morgan fingerprint density at radius 3 is 2.84 bits per heavy atom. The minimum atomic E-state index is -0.445. The molecule has 0 aliphatic heterocycles. The number of hydrogen-bond acceptors (Lipinski definition) is 4. The lowest BCUT2D eigenvalue weighted by Crippen LogP contribution is -1.97. The first-order chi connectivity index (χ1) is 9.15. The molecule has 0 unspecified atom stereocenters. The van der Waals surface area contributed by atoms with Gasteiger partial charge in [-0.05, 0) is 24.3 Å². The molecule has 0 aliphatic carbocycles. The van der Waals surface area contributed by atoms with Gasteiger partial charge in [0.1, 0.15) is 5.52 Å². The van der Waals surface area contributed by atoms with Crippen molar-refractivity contribution >= 4 is 28.3 Å². The summed E-state index contributed by atoms with van der Waals surface area (Å²) >= 11 is 5.87. The van der Waals surface area contributed by atoms with Crippen molar-refractivity contribution in [2.24, 2.45) is 0 Å². The zero-order valence-electron chi connectivity index (χ0n) is 9.52. The maximum Gasteiger partial charge on any atom is 0.271 e. The molecule has 0 bridgehead atoms. The average molecular weight is 275 g/mol. The number of aromatic nitrogens is 3. The highest BCUT2D eigenvalue weighted by molar-refractivity contribution is 6.31. The smallest absolute Gasteiger partial charge is 0.258 e. The lowest BCUT2D eigenvalue weighted by atomic mass is 10.2. The highest BCUT2D eigenvalue weighted by Crippen LogP contribution is 2.22. The Morgan fingerprint density at radius 1 is 1.21 bits per heavy atom. The van der Waals surface area contributed by atoms with E-state index in [1.807, 2.05) is 0 Å². The highest BCUT2D eigenvalue weighted by atomic mass is 35.5. The van der Waals surface area contributed by atoms with Crippen molar-refractivity contribution in [2.75, 3.05) is 0 Å². The highest BCUT2D eigenvalue weighted by Gasteiger charge is 2.10. The van der Waals surface area contributed by atoms with E-state index in [-0.39, 0.29) is 5.69 Å². The zero-order valence-corrected chi connectivity index (χ0v) is 10.3. The minimum absolute atomic E-state index is 0.00936. The number of nitro groups is 1. The third-order valence-electron chi connectivity index (χ3n) is 2.69. The fourth-order valence-corrected chi connectivity index (χ4v) is 1.99. The van der Waals surface area contributed by atoms with E-state index in [9.17, 15) is 10.1 Å². The summed E-state index contributed by atoms with van der Waals surface area (Å²) in [6.07, 6.45) is 0. The van der Waals surface area contributed by atoms with Crippen LogP contribution in [-0.4, -0.2) is 19.9 Å². The molecule has 1 aromatic heterocycles. The van der Waals surface area contributed by atoms with Gasteiger partial charge in [-0.3, -0.25) is 10.1 Å². The Morgan fingerprint density at radius 2 is 2.05 bits per heavy atom. The van der Waals surface area contributed by atoms with Gasteiger partial charge in [0.2, 0.25) is 0 Å². The van der Waals surface area contributed by atoms with Gasteiger partial charge in [0.15, 0.2) is 0 Å². The van der Waals surface area contributed by atoms with E-state index in [1.54, 1.807) is 35.0 Å². The summed E-state index contributed by atoms with van der Waals surface area (Å²) in [5.41, 5.74) is 1.97. The predicted molar refractivity (Wildman–Crippen MR) is 70.5 cm³/mol. The molecule has 6 nitrogen and oxygen atoms in total. The second-order valence-corrected chi connectivity index (χ2v) is 4.35. The van der Waals surface area contributed by atoms with Gasteiger partial charge in [0.25, 0.3) is 5.69 Å². The molecule has 0 N–H and O–H groups in total. The van der Waals surface area contributed by atoms with Gasteiger partial charge in [-0.2, -0.15) is 0 Å². The lowest BCUT2D eigenvalue weighted by molar-refractivity contribution is -0.384. The molecular weight excluding hydrogens is 268 g/mol. The van der Waals surface area contributed by atoms with Crippen LogP contribution in [-0.2, 0) is 0 Å². The van der Waals surface area contributed by atoms with Crippen LogP contribution in [0, 0.1) is 10.1 Å². The van der Waals surface area contributed by atoms with Gasteiger partial charge in [0, 0.05) is 17.2 Å². The molecule has 3 aromatic rings. The summed E-state index contributed by atoms with van der Waals surface area (Å²) < 4.78 is 1.54. The standard InChI is InChI=1S/C12H7ClN4O2/c13-8-4-5-12-11(6-8)14-15-16(12)9-2-1-3-10(7-9)17(18)19/h1-7H. The Kier molecular flexibility index (Phi) is 2.64. The normalized spacial score (nSPS) is 10.8. The van der Waals surface area contributed by atoms with E-state index in [1.165, 1.54) is 12.1 Å². The Balaban J connectivity index is 2.19. The third kappa shape index (κ3) is 2.02. The maximum atomic E-state index is 10.8. The van der Waals surface area contributed by atoms with E-state index in [0.717, 1.165) is 5.52 Å². The molecule has 94 valence electrons. The quantitative estimate of drug-likeness (QED) is 0.532. The summed E-state index contributed by atoms with van der Waals surface area (Å²) in [7, 11) is 0. The van der Waals surface area contributed by atoms with Gasteiger partial charge in [0.05, 0.1) is 16.1 Å². The van der Waals surface area contributed by atoms with Crippen molar-refractivity contribution in [1.82, 2.24) is 15.0 Å². The number of fused-ring (bicyclic) bond motifs is 1. The molecule has 0 radical (unpaired) electrons. The lowest BCUT2D eigenvalue weighted by Gasteiger charge is -2.01. The van der Waals surface area contributed by atoms with Crippen molar-refractivity contribution in [1.29, 1.82) is 0 Å². The summed E-state index contributed by atoms with van der Waals surface area (Å²) in [4.78, 5) is 10.3. The van der Waals surface area contributed by atoms with Gasteiger partial charge in [-0.25, -0.2) is 4.68 Å². The van der Waals surface area contributed by atoms with Crippen LogP contribution < -0.4 is 0 Å². The van der Waals surface area contributed by atoms with E-state index in [0.29, 0.717) is 16.2 Å². The summed E-state index contributed by atoms with van der Waals surface area (Å²) in [6, 6.07) is 11.4. The van der Waals surface area contributed by atoms with Gasteiger partial charge < -0.3 is 0 Å². The Labute approximate surface area is 112 Å². The van der Waals surface area contributed by atoms with Crippen molar-refractivity contribution in [3.63, 3.8) is 0 Å². The summed E-state index contributed by atoms with van der Waals surface area (Å²) in [5, 5.41) is 19.3. The Hall–Kier alpha value is -2.47. The molecule has 0 saturated carbocycles. The van der Waals surface area contributed by atoms with Crippen LogP contribution in [0.2, 0.25) is 5.02 Å². The van der Waals surface area contributed by atoms with Gasteiger partial charge in [-0.15, -0.1) is 5.10 Å². The number of nitro benzene ring substituents is 1. The molecule has 0 saturated heterocycles. The van der Waals surface area contributed by atoms with Crippen molar-refractivity contribution in [2.45, 2.75) is 0 Å². The van der Waals surface area contributed by atoms with Crippen LogP contribution in [0.1, 0.15) is 0 Å². The first-order valence-electron chi connectivity index (χ1n) is 5.41. The molecule has 2 aromatic carbocycles. The number of halogens is 1. The van der Waals surface area contributed by atoms with E-state index < -0.39 is 4.92 Å². The van der Waals surface area contributed by atoms with Crippen molar-refractivity contribution < 1.29 is 4.92 Å². The first-order valence-corrected chi connectivity index (χ1v) is 5.79. The molecule has 19 heavy (non-hydrogen) atoms. The van der Waals surface area contributed by atoms with Crippen LogP contribution in [0.4, 0.5) is 5.69 Å². The van der Waals surface area contributed by atoms with Crippen LogP contribution >= 0.6 is 11.6 Å². The first kappa shape index (κ1) is 11.6. The zero-order chi connectivity index (χ0) is 13.4. The molecule has 0 spiro atoms. The largest absolute Gasteiger partial charge is 0.271 e. The molecule has 7 heteroatoms. The number of benzene rings is 2. The van der Waals surface area contributed by atoms with Crippen LogP contribution in [0.3, 0.4) is 0 Å². The molecule has 0 fully saturated rings. The SMILES string of the molecule is O=[N+]([O-])c1cccc(-n2nnc3cc(Cl)ccc32)c1. The summed E-state index contributed by atoms with van der Waals surface area (Å²) in [6.45, 7) is 0. The van der Waals surface area contributed by atoms with Gasteiger partial charge >= 0.3 is 0 Å². The van der Waals surface area contributed by atoms with Crippen LogP contribution in [0.15, 0.2) is 42.5 Å². The van der Waals surface area contributed by atoms with E-state index in [4.69, 9.17) is 11.6 Å². The fourth-order valence-electron chi connectivity index (χ4n) is 1.83. The molecule has 0 aliphatic rings. The molecule has 1 heterocycles. The topological polar surface area (TPSA) is 73.8 Å². The number of nitrogens with zero attached hydrogens (tertiary/aromatic N) is 4. The minimum Gasteiger partial charge on any atom is -0.258 e. The number of rotatable bonds is 2. The number of non-ortho nitro benzene ring substituents is 1. The monoisotopic (exact) mass is 274 g/mol. The fraction of sp³-hybridized carbons (Fsp3) is 0. The molecule has 3 rings (SSSR count).